The Labute approximate surface area is 340 Å². The van der Waals surface area contributed by atoms with E-state index >= 15 is 0 Å². The lowest BCUT2D eigenvalue weighted by molar-refractivity contribution is 1.36. The zero-order chi connectivity index (χ0) is 37.6. The van der Waals surface area contributed by atoms with Gasteiger partial charge < -0.3 is 0 Å². The second kappa shape index (κ2) is 11.7. The molecule has 0 amide bonds. The Hall–Kier alpha value is -7.68. The van der Waals surface area contributed by atoms with Crippen molar-refractivity contribution in [1.82, 2.24) is 9.97 Å². The first kappa shape index (κ1) is 32.4. The van der Waals surface area contributed by atoms with E-state index in [1.165, 1.54) is 120 Å². The lowest BCUT2D eigenvalue weighted by Crippen LogP contribution is -1.93. The lowest BCUT2D eigenvalue weighted by Gasteiger charge is -2.20. The summed E-state index contributed by atoms with van der Waals surface area (Å²) in [6.07, 6.45) is 8.13. The normalized spacial score (nSPS) is 12.3. The van der Waals surface area contributed by atoms with E-state index in [0.29, 0.717) is 0 Å². The van der Waals surface area contributed by atoms with E-state index in [4.69, 9.17) is 9.97 Å². The van der Waals surface area contributed by atoms with Crippen LogP contribution in [0.5, 0.6) is 0 Å². The number of nitrogens with zero attached hydrogens (tertiary/aromatic N) is 2. The highest BCUT2D eigenvalue weighted by atomic mass is 14.6. The second-order valence-corrected chi connectivity index (χ2v) is 16.0. The topological polar surface area (TPSA) is 25.8 Å². The van der Waals surface area contributed by atoms with E-state index in [1.807, 2.05) is 12.4 Å². The minimum Gasteiger partial charge on any atom is -0.263 e. The van der Waals surface area contributed by atoms with Crippen LogP contribution in [0.25, 0.3) is 142 Å². The van der Waals surface area contributed by atoms with Crippen molar-refractivity contribution in [2.75, 3.05) is 0 Å². The summed E-state index contributed by atoms with van der Waals surface area (Å²) in [5, 5.41) is 17.4. The molecule has 0 radical (unpaired) electrons. The zero-order valence-corrected chi connectivity index (χ0v) is 31.2. The number of pyridine rings is 2. The number of fused-ring (bicyclic) bond motifs is 13. The summed E-state index contributed by atoms with van der Waals surface area (Å²) in [7, 11) is 0. The van der Waals surface area contributed by atoms with Gasteiger partial charge in [-0.05, 0) is 139 Å². The fourth-order valence-electron chi connectivity index (χ4n) is 10.8. The van der Waals surface area contributed by atoms with E-state index in [0.717, 1.165) is 21.9 Å². The molecule has 0 atom stereocenters. The van der Waals surface area contributed by atoms with E-state index in [1.54, 1.807) is 0 Å². The minimum absolute atomic E-state index is 0. The zero-order valence-electron chi connectivity index (χ0n) is 31.2. The largest absolute Gasteiger partial charge is 0.263 e. The number of benzene rings is 10. The molecule has 2 heterocycles. The fraction of sp³-hybridized carbons (Fsp3) is 0.0175. The highest BCUT2D eigenvalue weighted by molar-refractivity contribution is 6.31. The number of rotatable bonds is 2. The summed E-state index contributed by atoms with van der Waals surface area (Å²) >= 11 is 0. The van der Waals surface area contributed by atoms with Crippen LogP contribution in [0.1, 0.15) is 7.43 Å². The van der Waals surface area contributed by atoms with Crippen molar-refractivity contribution in [3.05, 3.63) is 183 Å². The van der Waals surface area contributed by atoms with Gasteiger partial charge in [0.05, 0.1) is 0 Å². The van der Waals surface area contributed by atoms with Gasteiger partial charge in [0.1, 0.15) is 0 Å². The van der Waals surface area contributed by atoms with Crippen LogP contribution in [0.4, 0.5) is 0 Å². The molecule has 0 N–H and O–H groups in total. The summed E-state index contributed by atoms with van der Waals surface area (Å²) in [4.78, 5) is 9.71. The predicted octanol–water partition coefficient (Wildman–Crippen LogP) is 15.8. The van der Waals surface area contributed by atoms with Gasteiger partial charge in [0.25, 0.3) is 0 Å². The smallest absolute Gasteiger partial charge is 0.0353 e. The van der Waals surface area contributed by atoms with Crippen molar-refractivity contribution in [3.8, 4) is 66.8 Å². The van der Waals surface area contributed by atoms with E-state index in [2.05, 4.69) is 170 Å². The Morgan fingerprint density at radius 1 is 0.237 bits per heavy atom. The van der Waals surface area contributed by atoms with Crippen LogP contribution in [0, 0.1) is 0 Å². The third-order valence-electron chi connectivity index (χ3n) is 13.2. The van der Waals surface area contributed by atoms with Crippen molar-refractivity contribution in [2.24, 2.45) is 0 Å². The molecule has 272 valence electrons. The predicted molar refractivity (Wildman–Crippen MR) is 251 cm³/mol. The molecule has 14 rings (SSSR count). The van der Waals surface area contributed by atoms with E-state index in [9.17, 15) is 0 Å². The maximum absolute atomic E-state index is 4.87. The average molecular weight is 747 g/mol. The highest BCUT2D eigenvalue weighted by Crippen LogP contribution is 2.56. The summed E-state index contributed by atoms with van der Waals surface area (Å²) in [5.41, 5.74) is 15.1. The van der Waals surface area contributed by atoms with Gasteiger partial charge in [-0.1, -0.05) is 141 Å². The standard InChI is InChI=1S/C56H30N2.CH4/c1-3-15-35-33(9-1)27-57-29-51(35)49-24-43-37(44-23-45-38-17-5-11-31-12-6-18-39(53(31)38)46(45)25-48(44)49)21-22-41-47(43)26-50-40-19-7-13-32-14-8-20-42(54(32)40)56(50)55(41)52-30-58-28-34-10-2-4-16-36(34)52;/h1-30H;1H4. The van der Waals surface area contributed by atoms with Crippen LogP contribution >= 0.6 is 0 Å². The maximum atomic E-state index is 4.87. The van der Waals surface area contributed by atoms with Gasteiger partial charge in [0.2, 0.25) is 0 Å². The molecule has 0 aliphatic heterocycles. The van der Waals surface area contributed by atoms with Gasteiger partial charge in [0, 0.05) is 52.3 Å². The van der Waals surface area contributed by atoms with Gasteiger partial charge in [-0.15, -0.1) is 0 Å². The molecule has 0 fully saturated rings. The van der Waals surface area contributed by atoms with Crippen LogP contribution < -0.4 is 0 Å². The second-order valence-electron chi connectivity index (χ2n) is 16.0. The Kier molecular flexibility index (Phi) is 6.42. The molecule has 0 saturated heterocycles. The minimum atomic E-state index is 0. The van der Waals surface area contributed by atoms with Crippen molar-refractivity contribution < 1.29 is 0 Å². The summed E-state index contributed by atoms with van der Waals surface area (Å²) in [6.45, 7) is 0. The molecule has 2 aliphatic carbocycles. The molecule has 12 aromatic rings. The third kappa shape index (κ3) is 4.20. The van der Waals surface area contributed by atoms with Gasteiger partial charge in [-0.3, -0.25) is 9.97 Å². The first-order chi connectivity index (χ1) is 28.8. The monoisotopic (exact) mass is 746 g/mol. The van der Waals surface area contributed by atoms with Gasteiger partial charge in [-0.2, -0.15) is 0 Å². The summed E-state index contributed by atoms with van der Waals surface area (Å²) < 4.78 is 0. The van der Waals surface area contributed by atoms with E-state index < -0.39 is 0 Å². The molecule has 2 aliphatic rings. The Morgan fingerprint density at radius 2 is 0.695 bits per heavy atom. The van der Waals surface area contributed by atoms with Crippen molar-refractivity contribution in [1.29, 1.82) is 0 Å². The molecule has 59 heavy (non-hydrogen) atoms. The first-order valence-electron chi connectivity index (χ1n) is 20.0. The summed E-state index contributed by atoms with van der Waals surface area (Å²) in [5.74, 6) is 0. The molecule has 0 spiro atoms. The first-order valence-corrected chi connectivity index (χ1v) is 20.0. The molecular weight excluding hydrogens is 713 g/mol. The maximum Gasteiger partial charge on any atom is 0.0353 e. The molecule has 0 bridgehead atoms. The molecule has 0 saturated carbocycles. The lowest BCUT2D eigenvalue weighted by atomic mass is 9.83. The Morgan fingerprint density at radius 3 is 1.37 bits per heavy atom. The van der Waals surface area contributed by atoms with Crippen LogP contribution in [-0.4, -0.2) is 9.97 Å². The average Bonchev–Trinajstić information content (AvgIpc) is 3.78. The van der Waals surface area contributed by atoms with Gasteiger partial charge in [0.15, 0.2) is 0 Å². The van der Waals surface area contributed by atoms with Gasteiger partial charge in [-0.25, -0.2) is 0 Å². The van der Waals surface area contributed by atoms with Crippen LogP contribution in [0.3, 0.4) is 0 Å². The number of hydrogen-bond acceptors (Lipinski definition) is 2. The quantitative estimate of drug-likeness (QED) is 0.165. The number of aromatic nitrogens is 2. The Balaban J connectivity index is 0.00000360. The summed E-state index contributed by atoms with van der Waals surface area (Å²) in [6, 6.07) is 59.0. The Bertz CT molecular complexity index is 3830. The van der Waals surface area contributed by atoms with Crippen molar-refractivity contribution in [2.45, 2.75) is 7.43 Å². The third-order valence-corrected chi connectivity index (χ3v) is 13.2. The SMILES string of the molecule is C.c1ccc2c(-c3cc4c5cc6c(c(-c7cncc8ccccc78)c5ccc4c4cc5c(cc34)-c3cccc4cccc-5c34)-c3cccc4cccc-6c34)cncc2c1. The molecular formula is C57H34N2. The fourth-order valence-corrected chi connectivity index (χ4v) is 10.8. The molecule has 10 aromatic carbocycles. The molecule has 2 heteroatoms. The highest BCUT2D eigenvalue weighted by Gasteiger charge is 2.29. The molecule has 2 nitrogen and oxygen atoms in total. The molecule has 0 unspecified atom stereocenters. The molecule has 2 aromatic heterocycles. The van der Waals surface area contributed by atoms with Crippen molar-refractivity contribution in [3.63, 3.8) is 0 Å². The van der Waals surface area contributed by atoms with Crippen LogP contribution in [0.15, 0.2) is 183 Å². The van der Waals surface area contributed by atoms with Crippen molar-refractivity contribution >= 4 is 75.4 Å². The van der Waals surface area contributed by atoms with Crippen LogP contribution in [0.2, 0.25) is 0 Å². The van der Waals surface area contributed by atoms with E-state index in [-0.39, 0.29) is 7.43 Å². The van der Waals surface area contributed by atoms with Gasteiger partial charge >= 0.3 is 0 Å². The van der Waals surface area contributed by atoms with Crippen LogP contribution in [-0.2, 0) is 0 Å². The number of hydrogen-bond donors (Lipinski definition) is 0.